The Morgan fingerprint density at radius 3 is 2.18 bits per heavy atom. The van der Waals surface area contributed by atoms with Gasteiger partial charge in [0, 0.05) is 32.1 Å². The summed E-state index contributed by atoms with van der Waals surface area (Å²) in [5.41, 5.74) is 0. The molecule has 0 atom stereocenters. The molecule has 3 amide bonds. The van der Waals surface area contributed by atoms with Crippen LogP contribution in [0.4, 0.5) is 4.79 Å². The molecule has 22 heavy (non-hydrogen) atoms. The van der Waals surface area contributed by atoms with Crippen LogP contribution in [0.5, 0.6) is 0 Å². The van der Waals surface area contributed by atoms with Crippen LogP contribution in [0.3, 0.4) is 0 Å². The summed E-state index contributed by atoms with van der Waals surface area (Å²) in [6.45, 7) is 0.425. The second-order valence-corrected chi connectivity index (χ2v) is 6.79. The highest BCUT2D eigenvalue weighted by Gasteiger charge is 2.22. The van der Waals surface area contributed by atoms with Crippen LogP contribution < -0.4 is 10.6 Å². The van der Waals surface area contributed by atoms with Crippen molar-refractivity contribution in [2.45, 2.75) is 82.7 Å². The molecule has 2 saturated carbocycles. The molecule has 0 aliphatic heterocycles. The third-order valence-corrected chi connectivity index (χ3v) is 5.04. The van der Waals surface area contributed by atoms with E-state index in [0.29, 0.717) is 25.0 Å². The standard InChI is InChI=1S/C17H31N3O2/c1-20(15-10-6-3-7-11-15)17(22)18-13-12-16(21)19-14-8-4-2-5-9-14/h14-15H,2-13H2,1H3,(H,18,22)(H,19,21). The minimum atomic E-state index is -0.0441. The molecule has 2 aliphatic carbocycles. The molecule has 126 valence electrons. The molecule has 5 heteroatoms. The summed E-state index contributed by atoms with van der Waals surface area (Å²) in [7, 11) is 1.87. The molecule has 0 aromatic heterocycles. The molecule has 2 rings (SSSR count). The maximum atomic E-state index is 12.1. The minimum absolute atomic E-state index is 0.0441. The number of hydrogen-bond acceptors (Lipinski definition) is 2. The van der Waals surface area contributed by atoms with Crippen LogP contribution >= 0.6 is 0 Å². The summed E-state index contributed by atoms with van der Waals surface area (Å²) in [6.07, 6.45) is 12.2. The van der Waals surface area contributed by atoms with E-state index in [1.807, 2.05) is 11.9 Å². The second kappa shape index (κ2) is 9.01. The monoisotopic (exact) mass is 309 g/mol. The average molecular weight is 309 g/mol. The highest BCUT2D eigenvalue weighted by molar-refractivity contribution is 5.78. The van der Waals surface area contributed by atoms with Gasteiger partial charge in [-0.1, -0.05) is 38.5 Å². The molecular weight excluding hydrogens is 278 g/mol. The van der Waals surface area contributed by atoms with Crippen molar-refractivity contribution >= 4 is 11.9 Å². The van der Waals surface area contributed by atoms with Gasteiger partial charge in [0.15, 0.2) is 0 Å². The number of amides is 3. The van der Waals surface area contributed by atoms with E-state index in [2.05, 4.69) is 10.6 Å². The number of hydrogen-bond donors (Lipinski definition) is 2. The average Bonchev–Trinajstić information content (AvgIpc) is 2.55. The second-order valence-electron chi connectivity index (χ2n) is 6.79. The number of carbonyl (C=O) groups excluding carboxylic acids is 2. The molecule has 0 aromatic carbocycles. The Hall–Kier alpha value is -1.26. The first-order valence-electron chi connectivity index (χ1n) is 8.97. The zero-order valence-electron chi connectivity index (χ0n) is 13.9. The van der Waals surface area contributed by atoms with Crippen LogP contribution in [0, 0.1) is 0 Å². The first-order valence-corrected chi connectivity index (χ1v) is 8.97. The van der Waals surface area contributed by atoms with Gasteiger partial charge >= 0.3 is 6.03 Å². The van der Waals surface area contributed by atoms with E-state index in [9.17, 15) is 9.59 Å². The van der Waals surface area contributed by atoms with Gasteiger partial charge in [0.25, 0.3) is 0 Å². The summed E-state index contributed by atoms with van der Waals surface area (Å²) in [5.74, 6) is 0.0625. The molecule has 0 heterocycles. The lowest BCUT2D eigenvalue weighted by Gasteiger charge is -2.31. The first-order chi connectivity index (χ1) is 10.7. The van der Waals surface area contributed by atoms with Crippen molar-refractivity contribution in [3.8, 4) is 0 Å². The lowest BCUT2D eigenvalue weighted by Crippen LogP contribution is -2.45. The van der Waals surface area contributed by atoms with Gasteiger partial charge in [0.05, 0.1) is 0 Å². The molecule has 2 N–H and O–H groups in total. The third-order valence-electron chi connectivity index (χ3n) is 5.04. The molecule has 0 saturated heterocycles. The Kier molecular flexibility index (Phi) is 7.00. The smallest absolute Gasteiger partial charge is 0.317 e. The number of urea groups is 1. The van der Waals surface area contributed by atoms with Crippen molar-refractivity contribution in [1.29, 1.82) is 0 Å². The highest BCUT2D eigenvalue weighted by Crippen LogP contribution is 2.21. The molecule has 0 unspecified atom stereocenters. The fraction of sp³-hybridized carbons (Fsp3) is 0.882. The van der Waals surface area contributed by atoms with E-state index < -0.39 is 0 Å². The molecule has 0 bridgehead atoms. The van der Waals surface area contributed by atoms with E-state index in [-0.39, 0.29) is 11.9 Å². The molecular formula is C17H31N3O2. The molecule has 5 nitrogen and oxygen atoms in total. The van der Waals surface area contributed by atoms with Gasteiger partial charge in [-0.15, -0.1) is 0 Å². The van der Waals surface area contributed by atoms with E-state index in [1.54, 1.807) is 0 Å². The Morgan fingerprint density at radius 1 is 0.955 bits per heavy atom. The van der Waals surface area contributed by atoms with Gasteiger partial charge in [0.1, 0.15) is 0 Å². The van der Waals surface area contributed by atoms with Crippen LogP contribution in [0.15, 0.2) is 0 Å². The van der Waals surface area contributed by atoms with Gasteiger partial charge in [-0.3, -0.25) is 4.79 Å². The predicted octanol–water partition coefficient (Wildman–Crippen LogP) is 2.80. The number of nitrogens with zero attached hydrogens (tertiary/aromatic N) is 1. The zero-order chi connectivity index (χ0) is 15.8. The number of rotatable bonds is 5. The molecule has 0 spiro atoms. The quantitative estimate of drug-likeness (QED) is 0.820. The van der Waals surface area contributed by atoms with Crippen molar-refractivity contribution in [1.82, 2.24) is 15.5 Å². The highest BCUT2D eigenvalue weighted by atomic mass is 16.2. The van der Waals surface area contributed by atoms with E-state index in [0.717, 1.165) is 25.7 Å². The van der Waals surface area contributed by atoms with Crippen LogP contribution in [0.2, 0.25) is 0 Å². The van der Waals surface area contributed by atoms with Gasteiger partial charge in [-0.25, -0.2) is 4.79 Å². The van der Waals surface area contributed by atoms with E-state index in [4.69, 9.17) is 0 Å². The van der Waals surface area contributed by atoms with Crippen molar-refractivity contribution < 1.29 is 9.59 Å². The van der Waals surface area contributed by atoms with Crippen molar-refractivity contribution in [2.75, 3.05) is 13.6 Å². The Bertz CT molecular complexity index is 361. The van der Waals surface area contributed by atoms with Gasteiger partial charge in [0.2, 0.25) is 5.91 Å². The lowest BCUT2D eigenvalue weighted by molar-refractivity contribution is -0.121. The summed E-state index contributed by atoms with van der Waals surface area (Å²) in [5, 5.41) is 5.96. The summed E-state index contributed by atoms with van der Waals surface area (Å²) >= 11 is 0. The SMILES string of the molecule is CN(C(=O)NCCC(=O)NC1CCCCC1)C1CCCCC1. The number of carbonyl (C=O) groups is 2. The van der Waals surface area contributed by atoms with Gasteiger partial charge < -0.3 is 15.5 Å². The largest absolute Gasteiger partial charge is 0.353 e. The van der Waals surface area contributed by atoms with Gasteiger partial charge in [-0.05, 0) is 25.7 Å². The first kappa shape index (κ1) is 17.1. The van der Waals surface area contributed by atoms with Crippen LogP contribution in [0.25, 0.3) is 0 Å². The van der Waals surface area contributed by atoms with Crippen LogP contribution in [-0.2, 0) is 4.79 Å². The molecule has 0 aromatic rings. The molecule has 2 fully saturated rings. The zero-order valence-corrected chi connectivity index (χ0v) is 13.9. The fourth-order valence-electron chi connectivity index (χ4n) is 3.59. The maximum Gasteiger partial charge on any atom is 0.317 e. The fourth-order valence-corrected chi connectivity index (χ4v) is 3.59. The van der Waals surface area contributed by atoms with E-state index in [1.165, 1.54) is 38.5 Å². The summed E-state index contributed by atoms with van der Waals surface area (Å²) in [6, 6.07) is 0.670. The normalized spacial score (nSPS) is 20.4. The van der Waals surface area contributed by atoms with E-state index >= 15 is 0 Å². The van der Waals surface area contributed by atoms with Crippen LogP contribution in [0.1, 0.15) is 70.6 Å². The van der Waals surface area contributed by atoms with Gasteiger partial charge in [-0.2, -0.15) is 0 Å². The molecule has 2 aliphatic rings. The lowest BCUT2D eigenvalue weighted by atomic mass is 9.95. The Balaban J connectivity index is 1.60. The van der Waals surface area contributed by atoms with Crippen molar-refractivity contribution in [3.05, 3.63) is 0 Å². The predicted molar refractivity (Wildman–Crippen MR) is 87.7 cm³/mol. The summed E-state index contributed by atoms with van der Waals surface area (Å²) in [4.78, 5) is 25.8. The Labute approximate surface area is 134 Å². The van der Waals surface area contributed by atoms with Crippen LogP contribution in [-0.4, -0.2) is 42.5 Å². The number of nitrogens with one attached hydrogen (secondary N) is 2. The van der Waals surface area contributed by atoms with Crippen molar-refractivity contribution in [2.24, 2.45) is 0 Å². The maximum absolute atomic E-state index is 12.1. The summed E-state index contributed by atoms with van der Waals surface area (Å²) < 4.78 is 0. The minimum Gasteiger partial charge on any atom is -0.353 e. The van der Waals surface area contributed by atoms with Crippen molar-refractivity contribution in [3.63, 3.8) is 0 Å². The third kappa shape index (κ3) is 5.50. The Morgan fingerprint density at radius 2 is 1.55 bits per heavy atom. The topological polar surface area (TPSA) is 61.4 Å². The molecule has 0 radical (unpaired) electrons.